The third-order valence-corrected chi connectivity index (χ3v) is 5.43. The van der Waals surface area contributed by atoms with Crippen molar-refractivity contribution in [3.63, 3.8) is 0 Å². The van der Waals surface area contributed by atoms with E-state index in [0.717, 1.165) is 26.2 Å². The molecule has 4 aliphatic carbocycles. The van der Waals surface area contributed by atoms with Gasteiger partial charge in [-0.2, -0.15) is 13.2 Å². The maximum Gasteiger partial charge on any atom is 0.449 e. The molecule has 4 rings (SSSR count). The van der Waals surface area contributed by atoms with Crippen LogP contribution in [-0.4, -0.2) is 17.1 Å². The lowest BCUT2D eigenvalue weighted by atomic mass is 9.47. The Morgan fingerprint density at radius 2 is 1.45 bits per heavy atom. The van der Waals surface area contributed by atoms with Gasteiger partial charge in [-0.1, -0.05) is 0 Å². The Hall–Kier alpha value is -1.00. The second kappa shape index (κ2) is 4.25. The maximum absolute atomic E-state index is 12.9. The highest BCUT2D eigenvalue weighted by molar-refractivity contribution is 5.95. The summed E-state index contributed by atoms with van der Waals surface area (Å²) in [5.41, 5.74) is -1.07. The molecule has 0 aliphatic heterocycles. The van der Waals surface area contributed by atoms with E-state index in [-0.39, 0.29) is 5.57 Å². The standard InChI is InChI=1S/C15H19F3O2/c1-8(19)12(13(20)15(16,17)18)14-5-9-2-10(6-14)4-11(3-9)7-14/h9-11,20H,2-7H2,1H3. The number of halogens is 3. The van der Waals surface area contributed by atoms with Gasteiger partial charge < -0.3 is 5.11 Å². The van der Waals surface area contributed by atoms with E-state index < -0.39 is 23.1 Å². The molecule has 0 atom stereocenters. The molecule has 0 saturated heterocycles. The highest BCUT2D eigenvalue weighted by atomic mass is 19.4. The summed E-state index contributed by atoms with van der Waals surface area (Å²) in [4.78, 5) is 11.8. The zero-order valence-corrected chi connectivity index (χ0v) is 11.5. The van der Waals surface area contributed by atoms with Crippen LogP contribution in [0.1, 0.15) is 45.4 Å². The third-order valence-electron chi connectivity index (χ3n) is 5.43. The molecule has 4 saturated carbocycles. The number of aliphatic hydroxyl groups is 1. The topological polar surface area (TPSA) is 37.3 Å². The number of carbonyl (C=O) groups excluding carboxylic acids is 1. The van der Waals surface area contributed by atoms with Crippen molar-refractivity contribution >= 4 is 5.78 Å². The van der Waals surface area contributed by atoms with E-state index in [1.54, 1.807) is 0 Å². The average Bonchev–Trinajstić information content (AvgIpc) is 2.24. The Bertz CT molecular complexity index is 441. The van der Waals surface area contributed by atoms with Crippen LogP contribution in [-0.2, 0) is 4.79 Å². The van der Waals surface area contributed by atoms with Gasteiger partial charge in [0.1, 0.15) is 0 Å². The number of Topliss-reactive ketones (excluding diaryl/α,β-unsaturated/α-hetero) is 1. The highest BCUT2D eigenvalue weighted by Crippen LogP contribution is 2.63. The molecule has 5 heteroatoms. The van der Waals surface area contributed by atoms with Gasteiger partial charge in [-0.05, 0) is 63.2 Å². The maximum atomic E-state index is 12.9. The normalized spacial score (nSPS) is 40.7. The number of rotatable bonds is 2. The van der Waals surface area contributed by atoms with Crippen LogP contribution >= 0.6 is 0 Å². The predicted octanol–water partition coefficient (Wildman–Crippen LogP) is 4.17. The van der Waals surface area contributed by atoms with Crippen LogP contribution in [0.25, 0.3) is 0 Å². The minimum Gasteiger partial charge on any atom is -0.504 e. The van der Waals surface area contributed by atoms with E-state index in [1.807, 2.05) is 0 Å². The molecule has 4 fully saturated rings. The van der Waals surface area contributed by atoms with Crippen molar-refractivity contribution in [3.05, 3.63) is 11.3 Å². The molecule has 2 nitrogen and oxygen atoms in total. The van der Waals surface area contributed by atoms with Crippen LogP contribution in [0.3, 0.4) is 0 Å². The van der Waals surface area contributed by atoms with Crippen molar-refractivity contribution in [1.29, 1.82) is 0 Å². The van der Waals surface area contributed by atoms with Crippen molar-refractivity contribution in [2.75, 3.05) is 0 Å². The largest absolute Gasteiger partial charge is 0.504 e. The lowest BCUT2D eigenvalue weighted by Crippen LogP contribution is -2.48. The van der Waals surface area contributed by atoms with E-state index in [1.165, 1.54) is 0 Å². The zero-order chi connectivity index (χ0) is 14.7. The number of ketones is 1. The van der Waals surface area contributed by atoms with E-state index in [2.05, 4.69) is 0 Å². The molecular weight excluding hydrogens is 269 g/mol. The SMILES string of the molecule is CC(=O)C(=C(O)C(F)(F)F)C12CC3CC(CC(C3)C1)C2. The van der Waals surface area contributed by atoms with Gasteiger partial charge in [-0.25, -0.2) is 0 Å². The zero-order valence-electron chi connectivity index (χ0n) is 11.5. The Balaban J connectivity index is 2.07. The number of hydrogen-bond donors (Lipinski definition) is 1. The van der Waals surface area contributed by atoms with Gasteiger partial charge in [0.15, 0.2) is 5.78 Å². The van der Waals surface area contributed by atoms with Crippen LogP contribution in [0.15, 0.2) is 11.3 Å². The van der Waals surface area contributed by atoms with Crippen LogP contribution < -0.4 is 0 Å². The third kappa shape index (κ3) is 2.06. The van der Waals surface area contributed by atoms with E-state index in [9.17, 15) is 23.1 Å². The molecule has 4 aliphatic rings. The summed E-state index contributed by atoms with van der Waals surface area (Å²) in [6.45, 7) is 1.15. The molecule has 0 heterocycles. The Morgan fingerprint density at radius 3 is 1.75 bits per heavy atom. The molecule has 4 bridgehead atoms. The van der Waals surface area contributed by atoms with Crippen molar-refractivity contribution in [2.24, 2.45) is 23.2 Å². The lowest BCUT2D eigenvalue weighted by molar-refractivity contribution is -0.133. The summed E-state index contributed by atoms with van der Waals surface area (Å²) in [5, 5.41) is 9.61. The van der Waals surface area contributed by atoms with Gasteiger partial charge in [-0.3, -0.25) is 4.79 Å². The smallest absolute Gasteiger partial charge is 0.449 e. The number of hydrogen-bond acceptors (Lipinski definition) is 2. The van der Waals surface area contributed by atoms with Crippen LogP contribution in [0.5, 0.6) is 0 Å². The number of alkyl halides is 3. The van der Waals surface area contributed by atoms with Gasteiger partial charge in [0.05, 0.1) is 0 Å². The van der Waals surface area contributed by atoms with Gasteiger partial charge in [0, 0.05) is 11.0 Å². The first-order chi connectivity index (χ1) is 9.21. The van der Waals surface area contributed by atoms with Gasteiger partial charge in [0.2, 0.25) is 5.76 Å². The fourth-order valence-electron chi connectivity index (χ4n) is 5.35. The number of carbonyl (C=O) groups is 1. The Kier molecular flexibility index (Phi) is 2.96. The first-order valence-corrected chi connectivity index (χ1v) is 7.23. The van der Waals surface area contributed by atoms with Gasteiger partial charge in [0.25, 0.3) is 0 Å². The number of allylic oxidation sites excluding steroid dienone is 2. The molecular formula is C15H19F3O2. The predicted molar refractivity (Wildman–Crippen MR) is 67.0 cm³/mol. The van der Waals surface area contributed by atoms with E-state index in [4.69, 9.17) is 0 Å². The molecule has 0 amide bonds. The first-order valence-electron chi connectivity index (χ1n) is 7.23. The average molecular weight is 288 g/mol. The Labute approximate surface area is 116 Å². The summed E-state index contributed by atoms with van der Waals surface area (Å²) < 4.78 is 38.7. The van der Waals surface area contributed by atoms with Crippen LogP contribution in [0.4, 0.5) is 13.2 Å². The second-order valence-electron chi connectivity index (χ2n) is 6.98. The quantitative estimate of drug-likeness (QED) is 0.611. The van der Waals surface area contributed by atoms with Crippen molar-refractivity contribution in [1.82, 2.24) is 0 Å². The fourth-order valence-corrected chi connectivity index (χ4v) is 5.35. The molecule has 20 heavy (non-hydrogen) atoms. The second-order valence-corrected chi connectivity index (χ2v) is 6.98. The fraction of sp³-hybridized carbons (Fsp3) is 0.800. The van der Waals surface area contributed by atoms with Crippen molar-refractivity contribution in [2.45, 2.75) is 51.6 Å². The highest BCUT2D eigenvalue weighted by Gasteiger charge is 2.56. The molecule has 0 aromatic carbocycles. The van der Waals surface area contributed by atoms with Crippen molar-refractivity contribution < 1.29 is 23.1 Å². The number of aliphatic hydroxyl groups excluding tert-OH is 1. The summed E-state index contributed by atoms with van der Waals surface area (Å²) >= 11 is 0. The van der Waals surface area contributed by atoms with E-state index in [0.29, 0.717) is 37.0 Å². The van der Waals surface area contributed by atoms with Gasteiger partial charge >= 0.3 is 6.18 Å². The lowest BCUT2D eigenvalue weighted by Gasteiger charge is -2.57. The molecule has 112 valence electrons. The minimum absolute atomic E-state index is 0.343. The summed E-state index contributed by atoms with van der Waals surface area (Å²) in [5.74, 6) is -0.987. The molecule has 0 unspecified atom stereocenters. The Morgan fingerprint density at radius 1 is 1.05 bits per heavy atom. The molecule has 1 N–H and O–H groups in total. The summed E-state index contributed by atoms with van der Waals surface area (Å²) in [7, 11) is 0. The van der Waals surface area contributed by atoms with Gasteiger partial charge in [-0.15, -0.1) is 0 Å². The van der Waals surface area contributed by atoms with Crippen LogP contribution in [0.2, 0.25) is 0 Å². The van der Waals surface area contributed by atoms with Crippen LogP contribution in [0, 0.1) is 23.2 Å². The summed E-state index contributed by atoms with van der Waals surface area (Å²) in [6.07, 6.45) is 0.312. The first kappa shape index (κ1) is 14.0. The molecule has 0 radical (unpaired) electrons. The molecule has 0 spiro atoms. The van der Waals surface area contributed by atoms with E-state index >= 15 is 0 Å². The summed E-state index contributed by atoms with van der Waals surface area (Å²) in [6, 6.07) is 0. The van der Waals surface area contributed by atoms with Crippen molar-refractivity contribution in [3.8, 4) is 0 Å². The minimum atomic E-state index is -4.83. The molecule has 0 aromatic rings. The molecule has 0 aromatic heterocycles. The monoisotopic (exact) mass is 288 g/mol.